The van der Waals surface area contributed by atoms with E-state index in [4.69, 9.17) is 9.47 Å². The Labute approximate surface area is 166 Å². The molecule has 4 heteroatoms. The first-order valence-electron chi connectivity index (χ1n) is 11.5. The lowest BCUT2D eigenvalue weighted by molar-refractivity contribution is -0.154. The first-order chi connectivity index (χ1) is 13.1. The number of unbranched alkanes of at least 4 members (excludes halogenated alkanes) is 9. The number of carbonyl (C=O) groups is 2. The first-order valence-corrected chi connectivity index (χ1v) is 11.5. The molecule has 27 heavy (non-hydrogen) atoms. The molecule has 0 heterocycles. The Hall–Kier alpha value is -1.06. The maximum absolute atomic E-state index is 11.8. The normalized spacial score (nSPS) is 15.6. The smallest absolute Gasteiger partial charge is 0.306 e. The molecule has 0 N–H and O–H groups in total. The molecule has 1 unspecified atom stereocenters. The number of ether oxygens (including phenoxy) is 2. The van der Waals surface area contributed by atoms with Gasteiger partial charge in [0, 0.05) is 0 Å². The minimum absolute atomic E-state index is 0.0253. The highest BCUT2D eigenvalue weighted by molar-refractivity contribution is 5.77. The molecule has 0 radical (unpaired) electrons. The summed E-state index contributed by atoms with van der Waals surface area (Å²) in [6, 6.07) is 0. The van der Waals surface area contributed by atoms with Gasteiger partial charge in [-0.2, -0.15) is 0 Å². The predicted molar refractivity (Wildman–Crippen MR) is 110 cm³/mol. The molecular formula is C23H42O4. The van der Waals surface area contributed by atoms with Gasteiger partial charge in [0.05, 0.1) is 19.4 Å². The first kappa shape index (κ1) is 24.0. The summed E-state index contributed by atoms with van der Waals surface area (Å²) in [4.78, 5) is 23.6. The second kappa shape index (κ2) is 15.9. The van der Waals surface area contributed by atoms with E-state index in [0.717, 1.165) is 25.7 Å². The maximum atomic E-state index is 11.8. The van der Waals surface area contributed by atoms with Gasteiger partial charge in [-0.15, -0.1) is 0 Å². The highest BCUT2D eigenvalue weighted by Crippen LogP contribution is 2.29. The molecule has 0 aliphatic heterocycles. The van der Waals surface area contributed by atoms with Gasteiger partial charge in [0.15, 0.2) is 0 Å². The Morgan fingerprint density at radius 1 is 0.815 bits per heavy atom. The minimum Gasteiger partial charge on any atom is -0.466 e. The SMILES string of the molecule is CCCCCCCCCCCCOC(=O)CCC(=O)OC(C)C1CCCC1. The Balaban J connectivity index is 1.88. The van der Waals surface area contributed by atoms with Gasteiger partial charge in [0.2, 0.25) is 0 Å². The molecule has 0 amide bonds. The zero-order chi connectivity index (χ0) is 19.7. The van der Waals surface area contributed by atoms with Gasteiger partial charge < -0.3 is 9.47 Å². The standard InChI is InChI=1S/C23H42O4/c1-3-4-5-6-7-8-9-10-11-14-19-26-22(24)17-18-23(25)27-20(2)21-15-12-13-16-21/h20-21H,3-19H2,1-2H3. The minimum atomic E-state index is -0.281. The zero-order valence-electron chi connectivity index (χ0n) is 17.8. The Kier molecular flexibility index (Phi) is 14.2. The highest BCUT2D eigenvalue weighted by Gasteiger charge is 2.24. The van der Waals surface area contributed by atoms with Crippen LogP contribution < -0.4 is 0 Å². The van der Waals surface area contributed by atoms with Crippen LogP contribution in [0.4, 0.5) is 0 Å². The van der Waals surface area contributed by atoms with Crippen LogP contribution in [-0.2, 0) is 19.1 Å². The molecule has 1 saturated carbocycles. The Morgan fingerprint density at radius 2 is 1.33 bits per heavy atom. The fourth-order valence-corrected chi connectivity index (χ4v) is 3.84. The molecule has 0 aromatic carbocycles. The van der Waals surface area contributed by atoms with Crippen LogP contribution in [0.15, 0.2) is 0 Å². The van der Waals surface area contributed by atoms with Gasteiger partial charge >= 0.3 is 11.9 Å². The van der Waals surface area contributed by atoms with E-state index in [1.54, 1.807) is 0 Å². The van der Waals surface area contributed by atoms with Crippen molar-refractivity contribution in [3.63, 3.8) is 0 Å². The van der Waals surface area contributed by atoms with Crippen molar-refractivity contribution >= 4 is 11.9 Å². The van der Waals surface area contributed by atoms with E-state index < -0.39 is 0 Å². The van der Waals surface area contributed by atoms with Crippen molar-refractivity contribution in [2.75, 3.05) is 6.61 Å². The lowest BCUT2D eigenvalue weighted by Crippen LogP contribution is -2.22. The molecule has 1 fully saturated rings. The van der Waals surface area contributed by atoms with Crippen LogP contribution in [0, 0.1) is 5.92 Å². The van der Waals surface area contributed by atoms with E-state index in [-0.39, 0.29) is 30.9 Å². The van der Waals surface area contributed by atoms with Crippen molar-refractivity contribution in [1.82, 2.24) is 0 Å². The third-order valence-corrected chi connectivity index (χ3v) is 5.68. The summed E-state index contributed by atoms with van der Waals surface area (Å²) in [6.45, 7) is 4.69. The monoisotopic (exact) mass is 382 g/mol. The molecule has 0 spiro atoms. The van der Waals surface area contributed by atoms with Gasteiger partial charge in [-0.05, 0) is 32.1 Å². The van der Waals surface area contributed by atoms with Crippen LogP contribution in [-0.4, -0.2) is 24.6 Å². The topological polar surface area (TPSA) is 52.6 Å². The zero-order valence-corrected chi connectivity index (χ0v) is 17.8. The highest BCUT2D eigenvalue weighted by atomic mass is 16.5. The molecule has 4 nitrogen and oxygen atoms in total. The molecule has 0 aromatic heterocycles. The van der Waals surface area contributed by atoms with Gasteiger partial charge in [-0.3, -0.25) is 9.59 Å². The summed E-state index contributed by atoms with van der Waals surface area (Å²) >= 11 is 0. The van der Waals surface area contributed by atoms with Crippen LogP contribution in [0.25, 0.3) is 0 Å². The fourth-order valence-electron chi connectivity index (χ4n) is 3.84. The van der Waals surface area contributed by atoms with Gasteiger partial charge in [-0.1, -0.05) is 77.6 Å². The van der Waals surface area contributed by atoms with Gasteiger partial charge in [0.1, 0.15) is 6.10 Å². The summed E-state index contributed by atoms with van der Waals surface area (Å²) in [6.07, 6.45) is 17.6. The van der Waals surface area contributed by atoms with Crippen LogP contribution >= 0.6 is 0 Å². The van der Waals surface area contributed by atoms with Crippen molar-refractivity contribution in [2.45, 2.75) is 123 Å². The largest absolute Gasteiger partial charge is 0.466 e. The average molecular weight is 383 g/mol. The van der Waals surface area contributed by atoms with Crippen molar-refractivity contribution < 1.29 is 19.1 Å². The molecule has 1 aliphatic carbocycles. The second-order valence-electron chi connectivity index (χ2n) is 8.14. The molecule has 158 valence electrons. The summed E-state index contributed by atoms with van der Waals surface area (Å²) in [7, 11) is 0. The lowest BCUT2D eigenvalue weighted by Gasteiger charge is -2.19. The van der Waals surface area contributed by atoms with E-state index >= 15 is 0 Å². The van der Waals surface area contributed by atoms with Gasteiger partial charge in [-0.25, -0.2) is 0 Å². The summed E-state index contributed by atoms with van der Waals surface area (Å²) in [5.41, 5.74) is 0. The van der Waals surface area contributed by atoms with Crippen LogP contribution in [0.1, 0.15) is 117 Å². The van der Waals surface area contributed by atoms with E-state index in [9.17, 15) is 9.59 Å². The molecule has 0 bridgehead atoms. The Morgan fingerprint density at radius 3 is 1.93 bits per heavy atom. The molecule has 0 aromatic rings. The third kappa shape index (κ3) is 12.9. The summed E-state index contributed by atoms with van der Waals surface area (Å²) in [5.74, 6) is -0.0566. The summed E-state index contributed by atoms with van der Waals surface area (Å²) in [5, 5.41) is 0. The quantitative estimate of drug-likeness (QED) is 0.230. The van der Waals surface area contributed by atoms with Crippen molar-refractivity contribution in [3.05, 3.63) is 0 Å². The fraction of sp³-hybridized carbons (Fsp3) is 0.913. The molecule has 1 atom stereocenters. The van der Waals surface area contributed by atoms with Crippen molar-refractivity contribution in [3.8, 4) is 0 Å². The van der Waals surface area contributed by atoms with Crippen LogP contribution in [0.2, 0.25) is 0 Å². The number of hydrogen-bond donors (Lipinski definition) is 0. The Bertz CT molecular complexity index is 388. The number of rotatable bonds is 16. The number of hydrogen-bond acceptors (Lipinski definition) is 4. The third-order valence-electron chi connectivity index (χ3n) is 5.68. The van der Waals surface area contributed by atoms with E-state index in [1.165, 1.54) is 64.2 Å². The predicted octanol–water partition coefficient (Wildman–Crippen LogP) is 6.35. The second-order valence-corrected chi connectivity index (χ2v) is 8.14. The van der Waals surface area contributed by atoms with Crippen LogP contribution in [0.3, 0.4) is 0 Å². The van der Waals surface area contributed by atoms with Crippen molar-refractivity contribution in [1.29, 1.82) is 0 Å². The lowest BCUT2D eigenvalue weighted by atomic mass is 10.0. The molecule has 1 rings (SSSR count). The van der Waals surface area contributed by atoms with E-state index in [2.05, 4.69) is 6.92 Å². The maximum Gasteiger partial charge on any atom is 0.306 e. The molecule has 0 saturated heterocycles. The number of esters is 2. The molecular weight excluding hydrogens is 340 g/mol. The van der Waals surface area contributed by atoms with Crippen LogP contribution in [0.5, 0.6) is 0 Å². The van der Waals surface area contributed by atoms with Crippen molar-refractivity contribution in [2.24, 2.45) is 5.92 Å². The van der Waals surface area contributed by atoms with Gasteiger partial charge in [0.25, 0.3) is 0 Å². The van der Waals surface area contributed by atoms with E-state index in [0.29, 0.717) is 12.5 Å². The van der Waals surface area contributed by atoms with E-state index in [1.807, 2.05) is 6.92 Å². The molecule has 1 aliphatic rings. The average Bonchev–Trinajstić information content (AvgIpc) is 3.19. The summed E-state index contributed by atoms with van der Waals surface area (Å²) < 4.78 is 10.7. The number of carbonyl (C=O) groups excluding carboxylic acids is 2.